The average molecular weight is 624 g/mol. The van der Waals surface area contributed by atoms with Crippen LogP contribution in [0, 0.1) is 0 Å². The van der Waals surface area contributed by atoms with E-state index in [4.69, 9.17) is 0 Å². The Kier molecular flexibility index (Phi) is 5.44. The summed E-state index contributed by atoms with van der Waals surface area (Å²) >= 11 is 3.75. The van der Waals surface area contributed by atoms with Crippen LogP contribution in [-0.4, -0.2) is 0 Å². The zero-order valence-electron chi connectivity index (χ0n) is 25.5. The molecule has 0 amide bonds. The van der Waals surface area contributed by atoms with Gasteiger partial charge in [-0.1, -0.05) is 92.7 Å². The molecular formula is C43H29NS2. The number of thiophene rings is 2. The van der Waals surface area contributed by atoms with Crippen LogP contribution in [0.25, 0.3) is 62.2 Å². The summed E-state index contributed by atoms with van der Waals surface area (Å²) in [6, 6.07) is 52.2. The minimum Gasteiger partial charge on any atom is -0.310 e. The van der Waals surface area contributed by atoms with Crippen LogP contribution in [0.1, 0.15) is 25.0 Å². The van der Waals surface area contributed by atoms with Crippen molar-refractivity contribution < 1.29 is 0 Å². The molecular weight excluding hydrogens is 595 g/mol. The summed E-state index contributed by atoms with van der Waals surface area (Å²) in [4.78, 5) is 2.47. The van der Waals surface area contributed by atoms with Crippen LogP contribution >= 0.6 is 22.7 Å². The van der Waals surface area contributed by atoms with Gasteiger partial charge in [0.2, 0.25) is 0 Å². The maximum absolute atomic E-state index is 2.47. The van der Waals surface area contributed by atoms with Crippen molar-refractivity contribution in [3.63, 3.8) is 0 Å². The van der Waals surface area contributed by atoms with Gasteiger partial charge in [0.15, 0.2) is 0 Å². The van der Waals surface area contributed by atoms with E-state index in [9.17, 15) is 0 Å². The zero-order chi connectivity index (χ0) is 30.6. The molecule has 9 aromatic rings. The molecule has 46 heavy (non-hydrogen) atoms. The molecule has 0 bridgehead atoms. The first-order valence-electron chi connectivity index (χ1n) is 15.8. The molecule has 1 aliphatic rings. The van der Waals surface area contributed by atoms with E-state index in [1.807, 2.05) is 22.7 Å². The second kappa shape index (κ2) is 9.53. The van der Waals surface area contributed by atoms with Crippen LogP contribution in [0.3, 0.4) is 0 Å². The molecule has 0 spiro atoms. The summed E-state index contributed by atoms with van der Waals surface area (Å²) in [7, 11) is 0. The van der Waals surface area contributed by atoms with Gasteiger partial charge in [-0.05, 0) is 93.7 Å². The maximum atomic E-state index is 2.47. The highest BCUT2D eigenvalue weighted by Crippen LogP contribution is 2.51. The predicted molar refractivity (Wildman–Crippen MR) is 202 cm³/mol. The van der Waals surface area contributed by atoms with Crippen LogP contribution < -0.4 is 4.90 Å². The van der Waals surface area contributed by atoms with Crippen molar-refractivity contribution in [3.8, 4) is 11.1 Å². The largest absolute Gasteiger partial charge is 0.310 e. The number of nitrogens with zero attached hydrogens (tertiary/aromatic N) is 1. The van der Waals surface area contributed by atoms with Gasteiger partial charge in [-0.25, -0.2) is 0 Å². The van der Waals surface area contributed by atoms with E-state index >= 15 is 0 Å². The molecule has 0 saturated heterocycles. The van der Waals surface area contributed by atoms with Crippen molar-refractivity contribution in [1.29, 1.82) is 0 Å². The van der Waals surface area contributed by atoms with E-state index in [1.165, 1.54) is 90.4 Å². The smallest absolute Gasteiger partial charge is 0.0468 e. The predicted octanol–water partition coefficient (Wildman–Crippen LogP) is 13.4. The number of fused-ring (bicyclic) bond motifs is 11. The van der Waals surface area contributed by atoms with E-state index < -0.39 is 0 Å². The number of benzene rings is 7. The number of hydrogen-bond acceptors (Lipinski definition) is 3. The normalized spacial score (nSPS) is 13.6. The van der Waals surface area contributed by atoms with Crippen molar-refractivity contribution >= 4 is 90.9 Å². The van der Waals surface area contributed by atoms with Crippen LogP contribution in [-0.2, 0) is 5.41 Å². The molecule has 218 valence electrons. The molecule has 3 heteroatoms. The summed E-state index contributed by atoms with van der Waals surface area (Å²) in [5.74, 6) is 0. The SMILES string of the molecule is CC1(C)c2ccccc2-c2ccc(N(c3ccc4sc5ccccc5c4c3)c3ccc4ccc5sc6ccccc6c5c4c3)cc21. The fourth-order valence-corrected chi connectivity index (χ4v) is 10.0. The lowest BCUT2D eigenvalue weighted by molar-refractivity contribution is 0.660. The first-order valence-corrected chi connectivity index (χ1v) is 17.5. The maximum Gasteiger partial charge on any atom is 0.0468 e. The lowest BCUT2D eigenvalue weighted by atomic mass is 9.82. The molecule has 0 aliphatic heterocycles. The van der Waals surface area contributed by atoms with E-state index in [2.05, 4.69) is 158 Å². The third-order valence-corrected chi connectivity index (χ3v) is 12.3. The Morgan fingerprint density at radius 1 is 0.435 bits per heavy atom. The van der Waals surface area contributed by atoms with Gasteiger partial charge < -0.3 is 4.90 Å². The van der Waals surface area contributed by atoms with Crippen molar-refractivity contribution in [2.45, 2.75) is 19.3 Å². The highest BCUT2D eigenvalue weighted by molar-refractivity contribution is 7.26. The van der Waals surface area contributed by atoms with Crippen LogP contribution in [0.5, 0.6) is 0 Å². The topological polar surface area (TPSA) is 3.24 Å². The summed E-state index contributed by atoms with van der Waals surface area (Å²) in [5, 5.41) is 7.88. The van der Waals surface area contributed by atoms with Gasteiger partial charge in [0.25, 0.3) is 0 Å². The first-order chi connectivity index (χ1) is 22.5. The molecule has 0 fully saturated rings. The summed E-state index contributed by atoms with van der Waals surface area (Å²) in [5.41, 5.74) is 8.92. The molecule has 10 rings (SSSR count). The van der Waals surface area contributed by atoms with Crippen molar-refractivity contribution in [3.05, 3.63) is 151 Å². The Morgan fingerprint density at radius 2 is 1.00 bits per heavy atom. The van der Waals surface area contributed by atoms with Gasteiger partial charge in [0.05, 0.1) is 0 Å². The van der Waals surface area contributed by atoms with Gasteiger partial charge in [0.1, 0.15) is 0 Å². The molecule has 1 nitrogen and oxygen atoms in total. The molecule has 0 saturated carbocycles. The van der Waals surface area contributed by atoms with Crippen LogP contribution in [0.15, 0.2) is 140 Å². The Morgan fingerprint density at radius 3 is 1.87 bits per heavy atom. The van der Waals surface area contributed by atoms with E-state index in [0.29, 0.717) is 0 Å². The molecule has 7 aromatic carbocycles. The Hall–Kier alpha value is -4.96. The highest BCUT2D eigenvalue weighted by atomic mass is 32.1. The Balaban J connectivity index is 1.24. The van der Waals surface area contributed by atoms with Gasteiger partial charge in [-0.3, -0.25) is 0 Å². The van der Waals surface area contributed by atoms with E-state index in [1.54, 1.807) is 0 Å². The monoisotopic (exact) mass is 623 g/mol. The minimum absolute atomic E-state index is 0.0771. The van der Waals surface area contributed by atoms with E-state index in [-0.39, 0.29) is 5.41 Å². The number of rotatable bonds is 3. The van der Waals surface area contributed by atoms with E-state index in [0.717, 1.165) is 0 Å². The van der Waals surface area contributed by atoms with Crippen molar-refractivity contribution in [2.75, 3.05) is 4.90 Å². The summed E-state index contributed by atoms with van der Waals surface area (Å²) in [6.07, 6.45) is 0. The molecule has 0 N–H and O–H groups in total. The lowest BCUT2D eigenvalue weighted by Crippen LogP contribution is -2.16. The number of hydrogen-bond donors (Lipinski definition) is 0. The van der Waals surface area contributed by atoms with Crippen molar-refractivity contribution in [1.82, 2.24) is 0 Å². The molecule has 2 aromatic heterocycles. The fourth-order valence-electron chi connectivity index (χ4n) is 7.80. The second-order valence-corrected chi connectivity index (χ2v) is 15.1. The van der Waals surface area contributed by atoms with Crippen LogP contribution in [0.2, 0.25) is 0 Å². The first kappa shape index (κ1) is 26.3. The third kappa shape index (κ3) is 3.67. The average Bonchev–Trinajstić information content (AvgIpc) is 3.73. The molecule has 0 unspecified atom stereocenters. The molecule has 0 atom stereocenters. The minimum atomic E-state index is -0.0771. The van der Waals surface area contributed by atoms with Crippen molar-refractivity contribution in [2.24, 2.45) is 0 Å². The second-order valence-electron chi connectivity index (χ2n) is 13.0. The third-order valence-electron chi connectivity index (χ3n) is 10.0. The zero-order valence-corrected chi connectivity index (χ0v) is 27.2. The lowest BCUT2D eigenvalue weighted by Gasteiger charge is -2.28. The summed E-state index contributed by atoms with van der Waals surface area (Å²) in [6.45, 7) is 4.73. The number of anilines is 3. The molecule has 2 heterocycles. The standard InChI is InChI=1S/C43H29NS2/c1-43(2)36-12-6-3-9-30(36)31-20-18-29(25-37(31)43)44(28-19-22-40-35(24-28)32-10-4-7-13-38(32)45-40)27-17-15-26-16-21-41-42(34(26)23-27)33-11-5-8-14-39(33)46-41/h3-25H,1-2H3. The summed E-state index contributed by atoms with van der Waals surface area (Å²) < 4.78 is 5.32. The Labute approximate surface area is 275 Å². The van der Waals surface area contributed by atoms with Crippen LogP contribution in [0.4, 0.5) is 17.1 Å². The highest BCUT2D eigenvalue weighted by Gasteiger charge is 2.35. The fraction of sp³-hybridized carbons (Fsp3) is 0.0698. The quantitative estimate of drug-likeness (QED) is 0.189. The van der Waals surface area contributed by atoms with Gasteiger partial charge in [-0.2, -0.15) is 0 Å². The Bertz CT molecular complexity index is 2690. The van der Waals surface area contributed by atoms with Gasteiger partial charge in [0, 0.05) is 62.8 Å². The molecule has 1 aliphatic carbocycles. The van der Waals surface area contributed by atoms with Gasteiger partial charge in [-0.15, -0.1) is 22.7 Å². The molecule has 0 radical (unpaired) electrons. The van der Waals surface area contributed by atoms with Gasteiger partial charge >= 0.3 is 0 Å².